The Bertz CT molecular complexity index is 462. The second kappa shape index (κ2) is 7.19. The van der Waals surface area contributed by atoms with Crippen molar-refractivity contribution in [2.45, 2.75) is 51.9 Å². The normalized spacial score (nSPS) is 22.2. The van der Waals surface area contributed by atoms with E-state index in [1.807, 2.05) is 10.9 Å². The molecule has 0 aliphatic carbocycles. The summed E-state index contributed by atoms with van der Waals surface area (Å²) in [6.45, 7) is 11.2. The minimum atomic E-state index is -0.0918. The van der Waals surface area contributed by atoms with Crippen molar-refractivity contribution in [2.24, 2.45) is 5.84 Å². The molecular weight excluding hydrogens is 334 g/mol. The third kappa shape index (κ3) is 3.65. The molecule has 21 heavy (non-hydrogen) atoms. The molecule has 1 aliphatic heterocycles. The van der Waals surface area contributed by atoms with Crippen LogP contribution in [0.1, 0.15) is 45.5 Å². The first-order valence-electron chi connectivity index (χ1n) is 7.50. The van der Waals surface area contributed by atoms with Crippen LogP contribution in [0.2, 0.25) is 0 Å². The van der Waals surface area contributed by atoms with Gasteiger partial charge in [0.15, 0.2) is 0 Å². The Labute approximate surface area is 135 Å². The first-order chi connectivity index (χ1) is 9.95. The van der Waals surface area contributed by atoms with Crippen LogP contribution in [0.4, 0.5) is 0 Å². The van der Waals surface area contributed by atoms with Crippen molar-refractivity contribution in [3.8, 4) is 0 Å². The van der Waals surface area contributed by atoms with Gasteiger partial charge in [0, 0.05) is 25.2 Å². The summed E-state index contributed by atoms with van der Waals surface area (Å²) in [7, 11) is 0. The molecule has 2 atom stereocenters. The van der Waals surface area contributed by atoms with Crippen molar-refractivity contribution in [2.75, 3.05) is 19.7 Å². The zero-order chi connectivity index (χ0) is 15.6. The standard InChI is InChI=1S/C14H26BrN5O/c1-9(2)19-5-6-21-12(8-19)13(18-16)14-11(15)7-17-20(14)10(3)4/h7,9-10,12-13,18H,5-6,8,16H2,1-4H3. The second-order valence-corrected chi connectivity index (χ2v) is 6.91. The van der Waals surface area contributed by atoms with Crippen LogP contribution in [-0.4, -0.2) is 46.5 Å². The van der Waals surface area contributed by atoms with Gasteiger partial charge in [0.25, 0.3) is 0 Å². The fourth-order valence-electron chi connectivity index (χ4n) is 2.78. The molecule has 0 spiro atoms. The van der Waals surface area contributed by atoms with E-state index in [0.717, 1.165) is 29.9 Å². The SMILES string of the molecule is CC(C)N1CCOC(C(NN)c2c(Br)cnn2C(C)C)C1. The van der Waals surface area contributed by atoms with Crippen LogP contribution < -0.4 is 11.3 Å². The van der Waals surface area contributed by atoms with Gasteiger partial charge in [-0.3, -0.25) is 15.4 Å². The largest absolute Gasteiger partial charge is 0.373 e. The number of morpholine rings is 1. The highest BCUT2D eigenvalue weighted by atomic mass is 79.9. The van der Waals surface area contributed by atoms with E-state index >= 15 is 0 Å². The quantitative estimate of drug-likeness (QED) is 0.620. The highest BCUT2D eigenvalue weighted by Crippen LogP contribution is 2.30. The number of hydrazine groups is 1. The summed E-state index contributed by atoms with van der Waals surface area (Å²) in [6, 6.07) is 0.686. The number of ether oxygens (including phenoxy) is 1. The van der Waals surface area contributed by atoms with Gasteiger partial charge in [0.2, 0.25) is 0 Å². The van der Waals surface area contributed by atoms with Crippen molar-refractivity contribution in [3.63, 3.8) is 0 Å². The maximum Gasteiger partial charge on any atom is 0.0925 e. The summed E-state index contributed by atoms with van der Waals surface area (Å²) in [6.07, 6.45) is 1.83. The maximum absolute atomic E-state index is 5.98. The Morgan fingerprint density at radius 2 is 2.10 bits per heavy atom. The molecule has 1 aromatic rings. The summed E-state index contributed by atoms with van der Waals surface area (Å²) in [5, 5.41) is 4.44. The lowest BCUT2D eigenvalue weighted by Crippen LogP contribution is -2.51. The lowest BCUT2D eigenvalue weighted by Gasteiger charge is -2.39. The van der Waals surface area contributed by atoms with Gasteiger partial charge >= 0.3 is 0 Å². The van der Waals surface area contributed by atoms with Gasteiger partial charge in [-0.15, -0.1) is 0 Å². The van der Waals surface area contributed by atoms with Gasteiger partial charge in [0.1, 0.15) is 0 Å². The van der Waals surface area contributed by atoms with Gasteiger partial charge in [0.05, 0.1) is 35.1 Å². The number of aromatic nitrogens is 2. The predicted molar refractivity (Wildman–Crippen MR) is 86.8 cm³/mol. The number of nitrogens with zero attached hydrogens (tertiary/aromatic N) is 3. The molecule has 0 amide bonds. The number of hydrogen-bond acceptors (Lipinski definition) is 5. The molecule has 2 rings (SSSR count). The van der Waals surface area contributed by atoms with Crippen molar-refractivity contribution in [1.29, 1.82) is 0 Å². The van der Waals surface area contributed by atoms with E-state index in [2.05, 4.69) is 59.0 Å². The third-order valence-electron chi connectivity index (χ3n) is 3.98. The second-order valence-electron chi connectivity index (χ2n) is 6.06. The summed E-state index contributed by atoms with van der Waals surface area (Å²) < 4.78 is 8.93. The highest BCUT2D eigenvalue weighted by molar-refractivity contribution is 9.10. The molecule has 2 heterocycles. The van der Waals surface area contributed by atoms with Gasteiger partial charge in [-0.25, -0.2) is 5.43 Å². The van der Waals surface area contributed by atoms with E-state index in [0.29, 0.717) is 6.04 Å². The molecular formula is C14H26BrN5O. The van der Waals surface area contributed by atoms with Crippen molar-refractivity contribution in [3.05, 3.63) is 16.4 Å². The van der Waals surface area contributed by atoms with E-state index in [1.54, 1.807) is 0 Å². The summed E-state index contributed by atoms with van der Waals surface area (Å²) in [4.78, 5) is 2.42. The number of halogens is 1. The molecule has 0 aromatic carbocycles. The average molecular weight is 360 g/mol. The van der Waals surface area contributed by atoms with E-state index in [4.69, 9.17) is 10.6 Å². The van der Waals surface area contributed by atoms with E-state index in [-0.39, 0.29) is 18.2 Å². The Hall–Kier alpha value is -0.470. The molecule has 120 valence electrons. The molecule has 1 saturated heterocycles. The highest BCUT2D eigenvalue weighted by Gasteiger charge is 2.33. The molecule has 1 aromatic heterocycles. The molecule has 0 bridgehead atoms. The molecule has 7 heteroatoms. The topological polar surface area (TPSA) is 68.3 Å². The molecule has 1 aliphatic rings. The van der Waals surface area contributed by atoms with E-state index < -0.39 is 0 Å². The third-order valence-corrected chi connectivity index (χ3v) is 4.59. The number of nitrogens with one attached hydrogen (secondary N) is 1. The van der Waals surface area contributed by atoms with Gasteiger partial charge in [-0.1, -0.05) is 0 Å². The van der Waals surface area contributed by atoms with E-state index in [1.165, 1.54) is 0 Å². The van der Waals surface area contributed by atoms with Crippen LogP contribution in [0.25, 0.3) is 0 Å². The molecule has 0 saturated carbocycles. The molecule has 3 N–H and O–H groups in total. The van der Waals surface area contributed by atoms with Crippen LogP contribution in [0.3, 0.4) is 0 Å². The van der Waals surface area contributed by atoms with Crippen molar-refractivity contribution < 1.29 is 4.74 Å². The van der Waals surface area contributed by atoms with Gasteiger partial charge in [-0.2, -0.15) is 5.10 Å². The molecule has 0 radical (unpaired) electrons. The summed E-state index contributed by atoms with van der Waals surface area (Å²) in [5.74, 6) is 5.84. The van der Waals surface area contributed by atoms with Crippen LogP contribution in [0.5, 0.6) is 0 Å². The number of nitrogens with two attached hydrogens (primary N) is 1. The smallest absolute Gasteiger partial charge is 0.0925 e. The summed E-state index contributed by atoms with van der Waals surface area (Å²) >= 11 is 3.59. The Morgan fingerprint density at radius 3 is 2.67 bits per heavy atom. The minimum Gasteiger partial charge on any atom is -0.373 e. The first kappa shape index (κ1) is 16.9. The lowest BCUT2D eigenvalue weighted by molar-refractivity contribution is -0.0576. The molecule has 6 nitrogen and oxygen atoms in total. The van der Waals surface area contributed by atoms with Gasteiger partial charge in [-0.05, 0) is 43.6 Å². The first-order valence-corrected chi connectivity index (χ1v) is 8.29. The number of hydrogen-bond donors (Lipinski definition) is 2. The fourth-order valence-corrected chi connectivity index (χ4v) is 3.30. The van der Waals surface area contributed by atoms with Crippen LogP contribution in [-0.2, 0) is 4.74 Å². The maximum atomic E-state index is 5.98. The molecule has 2 unspecified atom stereocenters. The van der Waals surface area contributed by atoms with Crippen molar-refractivity contribution in [1.82, 2.24) is 20.1 Å². The average Bonchev–Trinajstić information content (AvgIpc) is 2.82. The zero-order valence-electron chi connectivity index (χ0n) is 13.2. The number of rotatable bonds is 5. The van der Waals surface area contributed by atoms with Crippen molar-refractivity contribution >= 4 is 15.9 Å². The lowest BCUT2D eigenvalue weighted by atomic mass is 10.0. The Balaban J connectivity index is 2.25. The Kier molecular flexibility index (Phi) is 5.79. The fraction of sp³-hybridized carbons (Fsp3) is 0.786. The predicted octanol–water partition coefficient (Wildman–Crippen LogP) is 1.84. The Morgan fingerprint density at radius 1 is 1.38 bits per heavy atom. The summed E-state index contributed by atoms with van der Waals surface area (Å²) in [5.41, 5.74) is 3.97. The van der Waals surface area contributed by atoms with Crippen LogP contribution >= 0.6 is 15.9 Å². The molecule has 1 fully saturated rings. The monoisotopic (exact) mass is 359 g/mol. The minimum absolute atomic E-state index is 0.0108. The van der Waals surface area contributed by atoms with E-state index in [9.17, 15) is 0 Å². The van der Waals surface area contributed by atoms with Crippen LogP contribution in [0, 0.1) is 0 Å². The van der Waals surface area contributed by atoms with Crippen LogP contribution in [0.15, 0.2) is 10.7 Å². The zero-order valence-corrected chi connectivity index (χ0v) is 14.8. The van der Waals surface area contributed by atoms with Gasteiger partial charge < -0.3 is 4.74 Å².